The highest BCUT2D eigenvalue weighted by molar-refractivity contribution is 7.80. The number of nitro benzene ring substituents is 2. The number of nitrogens with one attached hydrogen (secondary N) is 2. The number of ether oxygens (including phenoxy) is 1. The Balaban J connectivity index is 1.99. The van der Waals surface area contributed by atoms with Crippen LogP contribution in [0.3, 0.4) is 0 Å². The molecule has 1 aliphatic rings. The fourth-order valence-electron chi connectivity index (χ4n) is 2.30. The predicted octanol–water partition coefficient (Wildman–Crippen LogP) is 2.64. The zero-order chi connectivity index (χ0) is 19.6. The van der Waals surface area contributed by atoms with Crippen molar-refractivity contribution >= 4 is 40.7 Å². The van der Waals surface area contributed by atoms with Crippen LogP contribution in [0.25, 0.3) is 6.08 Å². The second-order valence-corrected chi connectivity index (χ2v) is 5.68. The molecule has 136 valence electrons. The van der Waals surface area contributed by atoms with Gasteiger partial charge in [-0.1, -0.05) is 18.2 Å². The average molecular weight is 386 g/mol. The van der Waals surface area contributed by atoms with E-state index >= 15 is 0 Å². The van der Waals surface area contributed by atoms with E-state index in [1.165, 1.54) is 6.08 Å². The van der Waals surface area contributed by atoms with Crippen LogP contribution in [0.15, 0.2) is 48.2 Å². The molecule has 11 heteroatoms. The van der Waals surface area contributed by atoms with E-state index in [2.05, 4.69) is 10.6 Å². The smallest absolute Gasteiger partial charge is 0.318 e. The van der Waals surface area contributed by atoms with E-state index in [9.17, 15) is 25.0 Å². The highest BCUT2D eigenvalue weighted by atomic mass is 32.1. The van der Waals surface area contributed by atoms with Crippen LogP contribution in [0.2, 0.25) is 0 Å². The summed E-state index contributed by atoms with van der Waals surface area (Å²) < 4.78 is 5.61. The van der Waals surface area contributed by atoms with Gasteiger partial charge in [0, 0.05) is 11.6 Å². The number of nitro groups is 2. The number of hydrogen-bond donors (Lipinski definition) is 2. The molecule has 0 unspecified atom stereocenters. The van der Waals surface area contributed by atoms with Crippen LogP contribution in [-0.2, 0) is 4.79 Å². The molecule has 0 spiro atoms. The van der Waals surface area contributed by atoms with Crippen molar-refractivity contribution in [2.24, 2.45) is 0 Å². The molecule has 10 nitrogen and oxygen atoms in total. The van der Waals surface area contributed by atoms with Gasteiger partial charge in [-0.3, -0.25) is 30.3 Å². The molecular weight excluding hydrogens is 376 g/mol. The highest BCUT2D eigenvalue weighted by Gasteiger charge is 2.23. The van der Waals surface area contributed by atoms with Crippen molar-refractivity contribution in [2.75, 3.05) is 0 Å². The lowest BCUT2D eigenvalue weighted by Gasteiger charge is -2.09. The number of carbonyl (C=O) groups is 1. The molecule has 0 bridgehead atoms. The summed E-state index contributed by atoms with van der Waals surface area (Å²) in [5.74, 6) is -0.374. The van der Waals surface area contributed by atoms with Gasteiger partial charge in [-0.25, -0.2) is 0 Å². The van der Waals surface area contributed by atoms with E-state index in [1.54, 1.807) is 24.3 Å². The Morgan fingerprint density at radius 2 is 1.74 bits per heavy atom. The van der Waals surface area contributed by atoms with Gasteiger partial charge in [0.2, 0.25) is 5.75 Å². The number of hydrogen-bond acceptors (Lipinski definition) is 7. The Morgan fingerprint density at radius 3 is 2.37 bits per heavy atom. The van der Waals surface area contributed by atoms with Gasteiger partial charge in [0.1, 0.15) is 11.4 Å². The summed E-state index contributed by atoms with van der Waals surface area (Å²) in [6, 6.07) is 9.58. The first-order valence-electron chi connectivity index (χ1n) is 7.39. The number of thiocarbonyl (C=S) groups is 1. The second-order valence-electron chi connectivity index (χ2n) is 5.27. The molecule has 2 aromatic rings. The van der Waals surface area contributed by atoms with Crippen molar-refractivity contribution in [3.05, 3.63) is 74.0 Å². The lowest BCUT2D eigenvalue weighted by atomic mass is 10.1. The van der Waals surface area contributed by atoms with E-state index in [-0.39, 0.29) is 22.3 Å². The van der Waals surface area contributed by atoms with E-state index in [0.717, 1.165) is 18.2 Å². The molecule has 27 heavy (non-hydrogen) atoms. The molecule has 3 rings (SSSR count). The summed E-state index contributed by atoms with van der Waals surface area (Å²) in [5, 5.41) is 27.3. The Morgan fingerprint density at radius 1 is 1.00 bits per heavy atom. The van der Waals surface area contributed by atoms with Crippen molar-refractivity contribution in [3.8, 4) is 11.5 Å². The molecule has 0 saturated carbocycles. The van der Waals surface area contributed by atoms with Crippen molar-refractivity contribution in [3.63, 3.8) is 0 Å². The summed E-state index contributed by atoms with van der Waals surface area (Å²) in [6.45, 7) is 0. The molecule has 0 atom stereocenters. The molecule has 1 saturated heterocycles. The molecule has 1 fully saturated rings. The molecule has 2 aromatic carbocycles. The number of amides is 1. The summed E-state index contributed by atoms with van der Waals surface area (Å²) in [5.41, 5.74) is -0.337. The van der Waals surface area contributed by atoms with Crippen LogP contribution >= 0.6 is 12.2 Å². The average Bonchev–Trinajstić information content (AvgIpc) is 2.93. The normalized spacial score (nSPS) is 14.6. The zero-order valence-electron chi connectivity index (χ0n) is 13.4. The predicted molar refractivity (Wildman–Crippen MR) is 98.1 cm³/mol. The van der Waals surface area contributed by atoms with E-state index in [4.69, 9.17) is 17.0 Å². The van der Waals surface area contributed by atoms with Crippen molar-refractivity contribution in [2.45, 2.75) is 0 Å². The first-order valence-corrected chi connectivity index (χ1v) is 7.79. The van der Waals surface area contributed by atoms with Crippen LogP contribution in [0.4, 0.5) is 11.4 Å². The number of rotatable bonds is 5. The Labute approximate surface area is 156 Å². The zero-order valence-corrected chi connectivity index (χ0v) is 14.2. The van der Waals surface area contributed by atoms with Crippen LogP contribution in [0.5, 0.6) is 11.5 Å². The molecule has 1 aliphatic heterocycles. The van der Waals surface area contributed by atoms with Crippen LogP contribution < -0.4 is 15.4 Å². The summed E-state index contributed by atoms with van der Waals surface area (Å²) >= 11 is 4.86. The first-order chi connectivity index (χ1) is 12.8. The maximum atomic E-state index is 11.8. The van der Waals surface area contributed by atoms with Gasteiger partial charge in [0.15, 0.2) is 5.11 Å². The van der Waals surface area contributed by atoms with E-state index < -0.39 is 27.1 Å². The van der Waals surface area contributed by atoms with Gasteiger partial charge in [-0.05, 0) is 30.4 Å². The third-order valence-electron chi connectivity index (χ3n) is 3.51. The Kier molecular flexibility index (Phi) is 4.77. The Hall–Kier alpha value is -3.86. The van der Waals surface area contributed by atoms with Crippen molar-refractivity contribution in [1.29, 1.82) is 0 Å². The van der Waals surface area contributed by atoms with Gasteiger partial charge >= 0.3 is 5.69 Å². The molecule has 0 aromatic heterocycles. The van der Waals surface area contributed by atoms with Crippen LogP contribution in [-0.4, -0.2) is 20.9 Å². The minimum absolute atomic E-state index is 0.163. The van der Waals surface area contributed by atoms with Crippen molar-refractivity contribution < 1.29 is 19.4 Å². The number of para-hydroxylation sites is 1. The number of carbonyl (C=O) groups excluding carboxylic acids is 1. The third-order valence-corrected chi connectivity index (χ3v) is 3.71. The summed E-state index contributed by atoms with van der Waals surface area (Å²) in [4.78, 5) is 32.3. The van der Waals surface area contributed by atoms with Crippen molar-refractivity contribution in [1.82, 2.24) is 10.6 Å². The number of benzene rings is 2. The number of nitrogens with zero attached hydrogens (tertiary/aromatic N) is 2. The molecule has 0 aliphatic carbocycles. The molecule has 0 radical (unpaired) electrons. The Bertz CT molecular complexity index is 1020. The van der Waals surface area contributed by atoms with Gasteiger partial charge in [0.05, 0.1) is 15.9 Å². The van der Waals surface area contributed by atoms with Crippen LogP contribution in [0.1, 0.15) is 5.56 Å². The minimum atomic E-state index is -0.770. The topological polar surface area (TPSA) is 137 Å². The molecule has 2 N–H and O–H groups in total. The van der Waals surface area contributed by atoms with Gasteiger partial charge < -0.3 is 10.1 Å². The SMILES string of the molecule is O=C1NC(=S)N/C1=C/c1ccccc1Oc1ccc([N+](=O)[O-])cc1[N+](=O)[O-]. The fraction of sp³-hybridized carbons (Fsp3) is 0. The monoisotopic (exact) mass is 386 g/mol. The lowest BCUT2D eigenvalue weighted by Crippen LogP contribution is -2.21. The fourth-order valence-corrected chi connectivity index (χ4v) is 2.50. The highest BCUT2D eigenvalue weighted by Crippen LogP contribution is 2.36. The second kappa shape index (κ2) is 7.17. The first kappa shape index (κ1) is 17.9. The summed E-state index contributed by atoms with van der Waals surface area (Å²) in [7, 11) is 0. The maximum absolute atomic E-state index is 11.8. The van der Waals surface area contributed by atoms with E-state index in [0.29, 0.717) is 5.56 Å². The maximum Gasteiger partial charge on any atom is 0.318 e. The van der Waals surface area contributed by atoms with E-state index in [1.807, 2.05) is 0 Å². The lowest BCUT2D eigenvalue weighted by molar-refractivity contribution is -0.394. The largest absolute Gasteiger partial charge is 0.449 e. The van der Waals surface area contributed by atoms with Gasteiger partial charge in [-0.2, -0.15) is 0 Å². The molecule has 1 heterocycles. The third kappa shape index (κ3) is 3.88. The quantitative estimate of drug-likeness (QED) is 0.346. The summed E-state index contributed by atoms with van der Waals surface area (Å²) in [6.07, 6.45) is 1.47. The standard InChI is InChI=1S/C16H10N4O6S/c21-15-11(17-16(27)18-15)7-9-3-1-2-4-13(9)26-14-6-5-10(19(22)23)8-12(14)20(24)25/h1-8H,(H2,17,18,21,27)/b11-7+. The molecule has 1 amide bonds. The van der Waals surface area contributed by atoms with Gasteiger partial charge in [-0.15, -0.1) is 0 Å². The van der Waals surface area contributed by atoms with Gasteiger partial charge in [0.25, 0.3) is 11.6 Å². The molecular formula is C16H10N4O6S. The van der Waals surface area contributed by atoms with Crippen LogP contribution in [0, 0.1) is 20.2 Å². The number of non-ortho nitro benzene ring substituents is 1. The minimum Gasteiger partial charge on any atom is -0.449 e.